The topological polar surface area (TPSA) is 66.7 Å². The van der Waals surface area contributed by atoms with Crippen LogP contribution in [-0.2, 0) is 12.0 Å². The highest BCUT2D eigenvalue weighted by Crippen LogP contribution is 2.46. The Morgan fingerprint density at radius 2 is 1.97 bits per heavy atom. The van der Waals surface area contributed by atoms with Crippen molar-refractivity contribution in [1.29, 1.82) is 0 Å². The highest BCUT2D eigenvalue weighted by atomic mass is 19.1. The molecule has 5 rings (SSSR count). The quantitative estimate of drug-likeness (QED) is 0.825. The zero-order valence-corrected chi connectivity index (χ0v) is 17.1. The third-order valence-electron chi connectivity index (χ3n) is 6.48. The number of nitrogens with zero attached hydrogens (tertiary/aromatic N) is 3. The largest absolute Gasteiger partial charge is 0.341 e. The van der Waals surface area contributed by atoms with Gasteiger partial charge in [-0.1, -0.05) is 6.07 Å². The number of benzene rings is 1. The van der Waals surface area contributed by atoms with Crippen molar-refractivity contribution in [3.63, 3.8) is 0 Å². The van der Waals surface area contributed by atoms with Crippen LogP contribution < -0.4 is 5.32 Å². The minimum atomic E-state index is -0.403. The molecule has 0 spiro atoms. The highest BCUT2D eigenvalue weighted by molar-refractivity contribution is 5.95. The molecule has 3 aliphatic rings. The average molecular weight is 404 g/mol. The SMILES string of the molecule is CC1=NC([C@@H]2CCCc3nc(C4(NC(=O)c5ccc(F)cc5)CC4)ccc32)CC=N1. The van der Waals surface area contributed by atoms with Crippen LogP contribution in [-0.4, -0.2) is 29.0 Å². The van der Waals surface area contributed by atoms with Gasteiger partial charge in [0, 0.05) is 29.8 Å². The number of hydrogen-bond acceptors (Lipinski definition) is 4. The van der Waals surface area contributed by atoms with Crippen molar-refractivity contribution in [2.45, 2.75) is 62.9 Å². The summed E-state index contributed by atoms with van der Waals surface area (Å²) in [5.41, 5.74) is 3.43. The molecular formula is C24H25FN4O. The van der Waals surface area contributed by atoms with Crippen molar-refractivity contribution < 1.29 is 9.18 Å². The molecule has 1 unspecified atom stereocenters. The number of hydrogen-bond donors (Lipinski definition) is 1. The summed E-state index contributed by atoms with van der Waals surface area (Å²) in [6.45, 7) is 1.95. The molecule has 1 saturated carbocycles. The number of nitrogens with one attached hydrogen (secondary N) is 1. The molecule has 1 aromatic carbocycles. The van der Waals surface area contributed by atoms with Crippen LogP contribution in [0.1, 0.15) is 72.3 Å². The van der Waals surface area contributed by atoms with E-state index in [2.05, 4.69) is 22.4 Å². The second-order valence-electron chi connectivity index (χ2n) is 8.57. The molecule has 2 aromatic rings. The summed E-state index contributed by atoms with van der Waals surface area (Å²) in [7, 11) is 0. The standard InChI is InChI=1S/C24H25FN4O/c1-15-26-14-11-21(27-15)18-3-2-4-20-19(18)9-10-22(28-20)24(12-13-24)29-23(30)16-5-7-17(25)8-6-16/h5-10,14,18,21H,2-4,11-13H2,1H3,(H,29,30)/t18-,21?/m1/s1. The maximum atomic E-state index is 13.2. The molecule has 0 radical (unpaired) electrons. The Balaban J connectivity index is 1.38. The van der Waals surface area contributed by atoms with Crippen LogP contribution in [0.15, 0.2) is 46.4 Å². The lowest BCUT2D eigenvalue weighted by Crippen LogP contribution is -2.36. The van der Waals surface area contributed by atoms with E-state index in [1.54, 1.807) is 0 Å². The lowest BCUT2D eigenvalue weighted by Gasteiger charge is -2.31. The van der Waals surface area contributed by atoms with Crippen LogP contribution in [0.3, 0.4) is 0 Å². The van der Waals surface area contributed by atoms with Crippen molar-refractivity contribution >= 4 is 18.0 Å². The average Bonchev–Trinajstić information content (AvgIpc) is 3.54. The van der Waals surface area contributed by atoms with Gasteiger partial charge >= 0.3 is 0 Å². The lowest BCUT2D eigenvalue weighted by molar-refractivity contribution is 0.0929. The van der Waals surface area contributed by atoms with Crippen LogP contribution in [0.2, 0.25) is 0 Å². The number of aryl methyl sites for hydroxylation is 1. The minimum Gasteiger partial charge on any atom is -0.341 e. The molecule has 1 aliphatic heterocycles. The van der Waals surface area contributed by atoms with Crippen molar-refractivity contribution in [3.8, 4) is 0 Å². The predicted octanol–water partition coefficient (Wildman–Crippen LogP) is 4.32. The Labute approximate surface area is 175 Å². The number of amidine groups is 1. The minimum absolute atomic E-state index is 0.184. The molecule has 1 N–H and O–H groups in total. The van der Waals surface area contributed by atoms with E-state index in [0.717, 1.165) is 55.7 Å². The molecule has 6 heteroatoms. The summed E-state index contributed by atoms with van der Waals surface area (Å²) in [6.07, 6.45) is 7.79. The zero-order chi connectivity index (χ0) is 20.7. The molecule has 1 fully saturated rings. The molecule has 2 atom stereocenters. The lowest BCUT2D eigenvalue weighted by atomic mass is 9.79. The number of fused-ring (bicyclic) bond motifs is 1. The van der Waals surface area contributed by atoms with Crippen molar-refractivity contribution in [2.24, 2.45) is 9.98 Å². The van der Waals surface area contributed by atoms with Gasteiger partial charge in [-0.25, -0.2) is 9.38 Å². The summed E-state index contributed by atoms with van der Waals surface area (Å²) < 4.78 is 13.2. The highest BCUT2D eigenvalue weighted by Gasteiger charge is 2.47. The molecule has 1 aromatic heterocycles. The molecule has 0 bridgehead atoms. The number of pyridine rings is 1. The summed E-state index contributed by atoms with van der Waals surface area (Å²) >= 11 is 0. The third kappa shape index (κ3) is 3.55. The van der Waals surface area contributed by atoms with Gasteiger partial charge in [0.2, 0.25) is 0 Å². The summed E-state index contributed by atoms with van der Waals surface area (Å²) in [4.78, 5) is 26.8. The van der Waals surface area contributed by atoms with Crippen molar-refractivity contribution in [1.82, 2.24) is 10.3 Å². The Hall–Kier alpha value is -2.89. The molecule has 1 amide bonds. The van der Waals surface area contributed by atoms with Gasteiger partial charge in [0.1, 0.15) is 11.7 Å². The second kappa shape index (κ2) is 7.42. The molecule has 2 heterocycles. The van der Waals surface area contributed by atoms with E-state index in [1.165, 1.54) is 29.8 Å². The zero-order valence-electron chi connectivity index (χ0n) is 17.1. The van der Waals surface area contributed by atoms with E-state index in [9.17, 15) is 9.18 Å². The Bertz CT molecular complexity index is 1040. The van der Waals surface area contributed by atoms with Crippen LogP contribution >= 0.6 is 0 Å². The maximum Gasteiger partial charge on any atom is 0.252 e. The molecule has 154 valence electrons. The fourth-order valence-electron chi connectivity index (χ4n) is 4.70. The van der Waals surface area contributed by atoms with E-state index in [4.69, 9.17) is 9.98 Å². The first-order chi connectivity index (χ1) is 14.5. The number of aromatic nitrogens is 1. The molecule has 30 heavy (non-hydrogen) atoms. The molecule has 2 aliphatic carbocycles. The van der Waals surface area contributed by atoms with E-state index < -0.39 is 5.54 Å². The van der Waals surface area contributed by atoms with Gasteiger partial charge in [0.05, 0.1) is 17.3 Å². The van der Waals surface area contributed by atoms with Gasteiger partial charge < -0.3 is 5.32 Å². The third-order valence-corrected chi connectivity index (χ3v) is 6.48. The number of rotatable bonds is 4. The number of amides is 1. The van der Waals surface area contributed by atoms with Crippen LogP contribution in [0, 0.1) is 5.82 Å². The Morgan fingerprint density at radius 3 is 2.70 bits per heavy atom. The second-order valence-corrected chi connectivity index (χ2v) is 8.57. The van der Waals surface area contributed by atoms with E-state index >= 15 is 0 Å². The van der Waals surface area contributed by atoms with Crippen LogP contribution in [0.5, 0.6) is 0 Å². The first-order valence-electron chi connectivity index (χ1n) is 10.7. The Morgan fingerprint density at radius 1 is 1.17 bits per heavy atom. The van der Waals surface area contributed by atoms with Gasteiger partial charge in [0.25, 0.3) is 5.91 Å². The molecule has 0 saturated heterocycles. The fourth-order valence-corrected chi connectivity index (χ4v) is 4.70. The van der Waals surface area contributed by atoms with Crippen LogP contribution in [0.25, 0.3) is 0 Å². The summed E-state index contributed by atoms with van der Waals surface area (Å²) in [6, 6.07) is 10.2. The maximum absolute atomic E-state index is 13.2. The van der Waals surface area contributed by atoms with E-state index in [1.807, 2.05) is 13.1 Å². The fraction of sp³-hybridized carbons (Fsp3) is 0.417. The number of halogens is 1. The first-order valence-corrected chi connectivity index (χ1v) is 10.7. The normalized spacial score (nSPS) is 24.0. The van der Waals surface area contributed by atoms with Gasteiger partial charge in [-0.2, -0.15) is 0 Å². The number of aliphatic imine (C=N–C) groups is 2. The van der Waals surface area contributed by atoms with Gasteiger partial charge in [0.15, 0.2) is 0 Å². The van der Waals surface area contributed by atoms with E-state index in [-0.39, 0.29) is 17.8 Å². The first kappa shape index (κ1) is 19.1. The number of carbonyl (C=O) groups is 1. The molecule has 5 nitrogen and oxygen atoms in total. The monoisotopic (exact) mass is 404 g/mol. The predicted molar refractivity (Wildman–Crippen MR) is 115 cm³/mol. The van der Waals surface area contributed by atoms with E-state index in [0.29, 0.717) is 11.5 Å². The van der Waals surface area contributed by atoms with Gasteiger partial charge in [-0.15, -0.1) is 0 Å². The molecular weight excluding hydrogens is 379 g/mol. The van der Waals surface area contributed by atoms with Crippen molar-refractivity contribution in [3.05, 3.63) is 64.7 Å². The van der Waals surface area contributed by atoms with Crippen LogP contribution in [0.4, 0.5) is 4.39 Å². The summed E-state index contributed by atoms with van der Waals surface area (Å²) in [5.74, 6) is 0.697. The van der Waals surface area contributed by atoms with Crippen molar-refractivity contribution in [2.75, 3.05) is 0 Å². The smallest absolute Gasteiger partial charge is 0.252 e. The Kier molecular flexibility index (Phi) is 4.72. The van der Waals surface area contributed by atoms with Gasteiger partial charge in [-0.3, -0.25) is 14.8 Å². The number of carbonyl (C=O) groups excluding carboxylic acids is 1. The summed E-state index contributed by atoms with van der Waals surface area (Å²) in [5, 5.41) is 3.14. The van der Waals surface area contributed by atoms with Gasteiger partial charge in [-0.05, 0) is 74.9 Å².